The summed E-state index contributed by atoms with van der Waals surface area (Å²) in [6, 6.07) is 7.08. The van der Waals surface area contributed by atoms with Crippen LogP contribution >= 0.6 is 0 Å². The Hall–Kier alpha value is -3.81. The molecule has 0 aliphatic carbocycles. The summed E-state index contributed by atoms with van der Waals surface area (Å²) >= 11 is 0. The van der Waals surface area contributed by atoms with Gasteiger partial charge in [0.05, 0.1) is 0 Å². The second kappa shape index (κ2) is 24.4. The van der Waals surface area contributed by atoms with E-state index in [1.165, 1.54) is 5.57 Å². The number of nitrogens with one attached hydrogen (secondary N) is 1. The Labute approximate surface area is 285 Å². The number of rotatable bonds is 16. The van der Waals surface area contributed by atoms with Crippen molar-refractivity contribution in [1.29, 1.82) is 5.41 Å². The number of amides is 1. The van der Waals surface area contributed by atoms with Crippen molar-refractivity contribution >= 4 is 23.3 Å². The average molecular weight is 648 g/mol. The molecule has 0 aromatic heterocycles. The highest BCUT2D eigenvalue weighted by molar-refractivity contribution is 5.94. The predicted octanol–water partition coefficient (Wildman–Crippen LogP) is 8.83. The average Bonchev–Trinajstić information content (AvgIpc) is 3.08. The number of carboxylic acid groups (broad SMARTS) is 1. The molecule has 7 nitrogen and oxygen atoms in total. The zero-order valence-corrected chi connectivity index (χ0v) is 30.2. The number of piperidine rings is 1. The fourth-order valence-corrected chi connectivity index (χ4v) is 5.48. The van der Waals surface area contributed by atoms with E-state index in [0.29, 0.717) is 31.6 Å². The van der Waals surface area contributed by atoms with Crippen LogP contribution in [0.1, 0.15) is 93.1 Å². The predicted molar refractivity (Wildman–Crippen MR) is 201 cm³/mol. The third-order valence-electron chi connectivity index (χ3n) is 7.97. The molecule has 1 heterocycles. The second-order valence-corrected chi connectivity index (χ2v) is 11.2. The van der Waals surface area contributed by atoms with Gasteiger partial charge in [0.2, 0.25) is 5.91 Å². The summed E-state index contributed by atoms with van der Waals surface area (Å²) < 4.78 is 0. The molecule has 1 aliphatic heterocycles. The summed E-state index contributed by atoms with van der Waals surface area (Å²) in [4.78, 5) is 28.5. The summed E-state index contributed by atoms with van der Waals surface area (Å²) in [5.74, 6) is -1.37. The zero-order valence-electron chi connectivity index (χ0n) is 30.2. The Morgan fingerprint density at radius 3 is 2.32 bits per heavy atom. The number of carboxylic acids is 1. The van der Waals surface area contributed by atoms with E-state index in [9.17, 15) is 19.8 Å². The number of benzene rings is 1. The lowest BCUT2D eigenvalue weighted by Gasteiger charge is -2.47. The quantitative estimate of drug-likeness (QED) is 0.0945. The number of hydrogen-bond acceptors (Lipinski definition) is 5. The number of allylic oxidation sites excluding steroid dienone is 9. The number of aliphatic hydroxyl groups is 1. The van der Waals surface area contributed by atoms with Crippen LogP contribution in [0.2, 0.25) is 0 Å². The molecular formula is C40H61N3O4. The molecule has 1 amide bonds. The van der Waals surface area contributed by atoms with Crippen LogP contribution in [-0.4, -0.2) is 64.5 Å². The minimum atomic E-state index is -1.60. The maximum absolute atomic E-state index is 12.9. The summed E-state index contributed by atoms with van der Waals surface area (Å²) in [5, 5.41) is 28.7. The Kier molecular flexibility index (Phi) is 22.4. The van der Waals surface area contributed by atoms with Crippen LogP contribution in [0.3, 0.4) is 0 Å². The van der Waals surface area contributed by atoms with E-state index in [4.69, 9.17) is 5.41 Å². The third kappa shape index (κ3) is 14.7. The van der Waals surface area contributed by atoms with Crippen molar-refractivity contribution in [2.75, 3.05) is 24.5 Å². The number of para-hydroxylation sites is 1. The minimum Gasteiger partial charge on any atom is -0.479 e. The number of likely N-dealkylation sites (tertiary alicyclic amines) is 1. The van der Waals surface area contributed by atoms with Gasteiger partial charge in [-0.3, -0.25) is 9.69 Å². The Bertz CT molecular complexity index is 1260. The molecule has 0 bridgehead atoms. The number of hydrogen-bond donors (Lipinski definition) is 3. The molecule has 1 fully saturated rings. The van der Waals surface area contributed by atoms with E-state index in [0.717, 1.165) is 30.5 Å². The normalized spacial score (nSPS) is 19.3. The van der Waals surface area contributed by atoms with Crippen molar-refractivity contribution in [3.8, 4) is 0 Å². The third-order valence-corrected chi connectivity index (χ3v) is 7.97. The molecule has 1 saturated heterocycles. The second-order valence-electron chi connectivity index (χ2n) is 11.2. The van der Waals surface area contributed by atoms with Gasteiger partial charge in [-0.25, -0.2) is 4.79 Å². The van der Waals surface area contributed by atoms with Crippen molar-refractivity contribution in [2.24, 2.45) is 0 Å². The van der Waals surface area contributed by atoms with Crippen molar-refractivity contribution < 1.29 is 19.8 Å². The SMILES string of the molecule is C=C/C=C\C(=N)CN1CCC(C)(c2ccccc2N(C/C=C\C/C(=C\C)C/C=C\C=C/CC)C(C)=O)CC1C(O)C(=O)O.CC.CC. The van der Waals surface area contributed by atoms with E-state index in [1.807, 2.05) is 69.9 Å². The first-order valence-corrected chi connectivity index (χ1v) is 17.1. The first-order valence-electron chi connectivity index (χ1n) is 17.1. The van der Waals surface area contributed by atoms with Gasteiger partial charge in [-0.1, -0.05) is 127 Å². The van der Waals surface area contributed by atoms with E-state index in [2.05, 4.69) is 56.9 Å². The highest BCUT2D eigenvalue weighted by atomic mass is 16.4. The molecule has 1 aliphatic rings. The first kappa shape index (κ1) is 43.2. The first-order chi connectivity index (χ1) is 22.6. The minimum absolute atomic E-state index is 0.0837. The number of nitrogens with zero attached hydrogens (tertiary/aromatic N) is 2. The number of carbonyl (C=O) groups is 2. The van der Waals surface area contributed by atoms with Gasteiger partial charge in [-0.15, -0.1) is 0 Å². The zero-order chi connectivity index (χ0) is 35.8. The number of carbonyl (C=O) groups excluding carboxylic acids is 1. The molecule has 1 aromatic rings. The van der Waals surface area contributed by atoms with Crippen molar-refractivity contribution in [2.45, 2.75) is 105 Å². The molecule has 260 valence electrons. The largest absolute Gasteiger partial charge is 0.479 e. The number of anilines is 1. The maximum Gasteiger partial charge on any atom is 0.334 e. The van der Waals surface area contributed by atoms with Crippen molar-refractivity contribution in [3.05, 3.63) is 103 Å². The van der Waals surface area contributed by atoms with E-state index >= 15 is 0 Å². The Balaban J connectivity index is 0.00000508. The van der Waals surface area contributed by atoms with Crippen LogP contribution < -0.4 is 4.90 Å². The molecule has 2 rings (SSSR count). The molecule has 47 heavy (non-hydrogen) atoms. The summed E-state index contributed by atoms with van der Waals surface area (Å²) in [7, 11) is 0. The summed E-state index contributed by atoms with van der Waals surface area (Å²) in [6.07, 6.45) is 21.6. The van der Waals surface area contributed by atoms with E-state index in [-0.39, 0.29) is 12.5 Å². The van der Waals surface area contributed by atoms with Gasteiger partial charge in [0.15, 0.2) is 6.10 Å². The van der Waals surface area contributed by atoms with Crippen LogP contribution in [0.15, 0.2) is 97.2 Å². The smallest absolute Gasteiger partial charge is 0.334 e. The van der Waals surface area contributed by atoms with Crippen LogP contribution in [0, 0.1) is 5.41 Å². The summed E-state index contributed by atoms with van der Waals surface area (Å²) in [5.41, 5.74) is 2.84. The molecule has 7 heteroatoms. The van der Waals surface area contributed by atoms with Crippen LogP contribution in [0.4, 0.5) is 5.69 Å². The van der Waals surface area contributed by atoms with Gasteiger partial charge in [-0.05, 0) is 68.7 Å². The van der Waals surface area contributed by atoms with Gasteiger partial charge in [-0.2, -0.15) is 0 Å². The van der Waals surface area contributed by atoms with Gasteiger partial charge < -0.3 is 20.5 Å². The molecule has 0 spiro atoms. The lowest BCUT2D eigenvalue weighted by Crippen LogP contribution is -2.56. The highest BCUT2D eigenvalue weighted by Crippen LogP contribution is 2.43. The Morgan fingerprint density at radius 1 is 1.09 bits per heavy atom. The van der Waals surface area contributed by atoms with Gasteiger partial charge in [0.1, 0.15) is 0 Å². The van der Waals surface area contributed by atoms with E-state index < -0.39 is 23.5 Å². The fraction of sp³-hybridized carbons (Fsp3) is 0.475. The van der Waals surface area contributed by atoms with Crippen LogP contribution in [0.5, 0.6) is 0 Å². The molecule has 1 aromatic carbocycles. The van der Waals surface area contributed by atoms with E-state index in [1.54, 1.807) is 30.1 Å². The molecule has 0 saturated carbocycles. The van der Waals surface area contributed by atoms with Crippen molar-refractivity contribution in [3.63, 3.8) is 0 Å². The molecule has 3 atom stereocenters. The molecule has 3 unspecified atom stereocenters. The standard InChI is InChI=1S/C36H49N3O4.2C2H6/c1-6-9-11-12-13-18-29(8-3)19-16-17-24-39(28(4)40)32-22-15-14-21-31(32)36(5)23-25-38(27-30(37)20-10-7-2)33(26-36)34(41)35(42)43;2*1-2/h7-17,20-22,33-34,37,41H,2,6,18-19,23-27H2,1,3-5H3,(H,42,43);2*1-2H3/b11-9-,13-12-,17-16-,20-10-,29-8-,37-30?;;. The van der Waals surface area contributed by atoms with Gasteiger partial charge in [0, 0.05) is 37.5 Å². The van der Waals surface area contributed by atoms with Crippen LogP contribution in [-0.2, 0) is 15.0 Å². The Morgan fingerprint density at radius 2 is 1.72 bits per heavy atom. The fourth-order valence-electron chi connectivity index (χ4n) is 5.48. The molecule has 0 radical (unpaired) electrons. The number of aliphatic hydroxyl groups excluding tert-OH is 1. The topological polar surface area (TPSA) is 105 Å². The maximum atomic E-state index is 12.9. The number of aliphatic carboxylic acids is 1. The van der Waals surface area contributed by atoms with Crippen LogP contribution in [0.25, 0.3) is 0 Å². The molecular weight excluding hydrogens is 586 g/mol. The van der Waals surface area contributed by atoms with Gasteiger partial charge >= 0.3 is 5.97 Å². The van der Waals surface area contributed by atoms with Crippen molar-refractivity contribution in [1.82, 2.24) is 4.90 Å². The highest BCUT2D eigenvalue weighted by Gasteiger charge is 2.44. The monoisotopic (exact) mass is 647 g/mol. The summed E-state index contributed by atoms with van der Waals surface area (Å²) in [6.45, 7) is 20.5. The molecule has 3 N–H and O–H groups in total. The lowest BCUT2D eigenvalue weighted by atomic mass is 9.70. The lowest BCUT2D eigenvalue weighted by molar-refractivity contribution is -0.152. The van der Waals surface area contributed by atoms with Gasteiger partial charge in [0.25, 0.3) is 0 Å².